The molecule has 8 nitrogen and oxygen atoms in total. The van der Waals surface area contributed by atoms with Gasteiger partial charge >= 0.3 is 0 Å². The summed E-state index contributed by atoms with van der Waals surface area (Å²) < 4.78 is 12.8. The average molecular weight is 495 g/mol. The number of aryl methyl sites for hydroxylation is 1. The van der Waals surface area contributed by atoms with E-state index in [1.807, 2.05) is 74.6 Å². The second-order valence-corrected chi connectivity index (χ2v) is 8.26. The van der Waals surface area contributed by atoms with Crippen LogP contribution >= 0.6 is 0 Å². The van der Waals surface area contributed by atoms with Crippen LogP contribution in [0.5, 0.6) is 11.5 Å². The van der Waals surface area contributed by atoms with Gasteiger partial charge in [-0.25, -0.2) is 4.98 Å². The topological polar surface area (TPSA) is 68.5 Å². The van der Waals surface area contributed by atoms with E-state index in [4.69, 9.17) is 14.5 Å². The summed E-state index contributed by atoms with van der Waals surface area (Å²) in [6.45, 7) is 6.20. The van der Waals surface area contributed by atoms with E-state index in [1.54, 1.807) is 37.5 Å². The lowest BCUT2D eigenvalue weighted by Gasteiger charge is -2.24. The molecule has 2 heterocycles. The molecule has 0 fully saturated rings. The number of ether oxygens (including phenoxy) is 2. The summed E-state index contributed by atoms with van der Waals surface area (Å²) in [7, 11) is 7.07. The predicted octanol–water partition coefficient (Wildman–Crippen LogP) is 5.17. The van der Waals surface area contributed by atoms with Crippen LogP contribution in [-0.2, 0) is 7.05 Å². The van der Waals surface area contributed by atoms with Gasteiger partial charge in [-0.3, -0.25) is 9.67 Å². The Labute approximate surface area is 217 Å². The second-order valence-electron chi connectivity index (χ2n) is 8.26. The molecule has 4 aromatic rings. The van der Waals surface area contributed by atoms with Crippen molar-refractivity contribution in [2.24, 2.45) is 7.05 Å². The van der Waals surface area contributed by atoms with Gasteiger partial charge in [0, 0.05) is 55.4 Å². The fourth-order valence-electron chi connectivity index (χ4n) is 3.81. The van der Waals surface area contributed by atoms with Crippen LogP contribution in [0.2, 0.25) is 0 Å². The normalized spacial score (nSPS) is 11.0. The van der Waals surface area contributed by atoms with Crippen molar-refractivity contribution >= 4 is 22.4 Å². The summed E-state index contributed by atoms with van der Waals surface area (Å²) in [5, 5.41) is 4.25. The van der Waals surface area contributed by atoms with Crippen molar-refractivity contribution < 1.29 is 9.47 Å². The van der Waals surface area contributed by atoms with Crippen molar-refractivity contribution in [3.63, 3.8) is 0 Å². The fraction of sp³-hybridized carbons (Fsp3) is 0.207. The predicted molar refractivity (Wildman–Crippen MR) is 148 cm³/mol. The average Bonchev–Trinajstić information content (AvgIpc) is 3.38. The molecular formula is C29H30N6O2. The molecule has 0 aliphatic rings. The lowest BCUT2D eigenvalue weighted by molar-refractivity contribution is 0.394. The van der Waals surface area contributed by atoms with Crippen molar-refractivity contribution in [1.82, 2.24) is 24.6 Å². The van der Waals surface area contributed by atoms with E-state index >= 15 is 0 Å². The monoisotopic (exact) mass is 494 g/mol. The van der Waals surface area contributed by atoms with Crippen molar-refractivity contribution in [2.75, 3.05) is 32.7 Å². The van der Waals surface area contributed by atoms with E-state index in [-0.39, 0.29) is 0 Å². The summed E-state index contributed by atoms with van der Waals surface area (Å²) in [4.78, 5) is 13.5. The first kappa shape index (κ1) is 25.3. The molecule has 188 valence electrons. The van der Waals surface area contributed by atoms with Crippen LogP contribution in [-0.4, -0.2) is 52.5 Å². The first-order chi connectivity index (χ1) is 17.9. The molecular weight excluding hydrogens is 464 g/mol. The van der Waals surface area contributed by atoms with Crippen molar-refractivity contribution in [3.8, 4) is 34.6 Å². The number of nitrogens with zero attached hydrogens (tertiary/aromatic N) is 6. The van der Waals surface area contributed by atoms with E-state index in [2.05, 4.69) is 33.4 Å². The number of anilines is 2. The standard InChI is InChI=1S/C29H30N6O2/c1-7-22(33(3)8-2)10-9-13-35(24-14-25(36-5)17-26(15-24)37-6)23-11-12-27-28(16-23)32-29(19-30-27)21-18-31-34(4)20-21/h7-8,11-12,14-20H,2,13H2,1,3-6H3/b22-7-. The molecule has 0 radical (unpaired) electrons. The minimum atomic E-state index is 0.417. The summed E-state index contributed by atoms with van der Waals surface area (Å²) in [5.74, 6) is 7.92. The fourth-order valence-corrected chi connectivity index (χ4v) is 3.81. The third kappa shape index (κ3) is 5.73. The molecule has 0 bridgehead atoms. The number of methoxy groups -OCH3 is 2. The highest BCUT2D eigenvalue weighted by atomic mass is 16.5. The summed E-state index contributed by atoms with van der Waals surface area (Å²) in [6.07, 6.45) is 9.16. The van der Waals surface area contributed by atoms with Gasteiger partial charge < -0.3 is 19.3 Å². The highest BCUT2D eigenvalue weighted by Gasteiger charge is 2.14. The quantitative estimate of drug-likeness (QED) is 0.313. The van der Waals surface area contributed by atoms with Gasteiger partial charge in [0.1, 0.15) is 11.5 Å². The van der Waals surface area contributed by atoms with E-state index in [9.17, 15) is 0 Å². The minimum Gasteiger partial charge on any atom is -0.497 e. The molecule has 2 aromatic heterocycles. The van der Waals surface area contributed by atoms with Crippen LogP contribution < -0.4 is 14.4 Å². The van der Waals surface area contributed by atoms with Gasteiger partial charge in [0.25, 0.3) is 0 Å². The molecule has 2 aromatic carbocycles. The van der Waals surface area contributed by atoms with Gasteiger partial charge in [-0.15, -0.1) is 0 Å². The van der Waals surface area contributed by atoms with Gasteiger partial charge in [-0.2, -0.15) is 5.10 Å². The molecule has 0 spiro atoms. The molecule has 4 rings (SSSR count). The highest BCUT2D eigenvalue weighted by Crippen LogP contribution is 2.34. The van der Waals surface area contributed by atoms with Gasteiger partial charge in [0.2, 0.25) is 0 Å². The number of hydrogen-bond donors (Lipinski definition) is 0. The van der Waals surface area contributed by atoms with Gasteiger partial charge in [-0.05, 0) is 37.2 Å². The molecule has 0 saturated heterocycles. The van der Waals surface area contributed by atoms with Crippen LogP contribution in [0, 0.1) is 11.8 Å². The maximum absolute atomic E-state index is 5.53. The molecule has 0 aliphatic carbocycles. The Morgan fingerprint density at radius 2 is 1.81 bits per heavy atom. The highest BCUT2D eigenvalue weighted by molar-refractivity contribution is 5.83. The second kappa shape index (κ2) is 11.3. The number of hydrogen-bond acceptors (Lipinski definition) is 7. The largest absolute Gasteiger partial charge is 0.497 e. The smallest absolute Gasteiger partial charge is 0.124 e. The van der Waals surface area contributed by atoms with E-state index in [0.29, 0.717) is 18.0 Å². The van der Waals surface area contributed by atoms with Crippen LogP contribution in [0.15, 0.2) is 79.5 Å². The SMILES string of the molecule is C=CN(C)/C(C#CCN(c1cc(OC)cc(OC)c1)c1ccc2ncc(-c3cnn(C)c3)nc2c1)=C\C. The van der Waals surface area contributed by atoms with Crippen LogP contribution in [0.3, 0.4) is 0 Å². The van der Waals surface area contributed by atoms with Gasteiger partial charge in [-0.1, -0.05) is 18.6 Å². The lowest BCUT2D eigenvalue weighted by atomic mass is 10.2. The lowest BCUT2D eigenvalue weighted by Crippen LogP contribution is -2.18. The first-order valence-corrected chi connectivity index (χ1v) is 11.7. The zero-order valence-corrected chi connectivity index (χ0v) is 21.8. The Morgan fingerprint density at radius 3 is 2.43 bits per heavy atom. The Hall–Kier alpha value is -4.77. The van der Waals surface area contributed by atoms with Crippen LogP contribution in [0.1, 0.15) is 6.92 Å². The third-order valence-corrected chi connectivity index (χ3v) is 5.87. The van der Waals surface area contributed by atoms with Crippen molar-refractivity contribution in [1.29, 1.82) is 0 Å². The Balaban J connectivity index is 1.80. The number of fused-ring (bicyclic) bond motifs is 1. The number of benzene rings is 2. The molecule has 37 heavy (non-hydrogen) atoms. The summed E-state index contributed by atoms with van der Waals surface area (Å²) in [5.41, 5.74) is 5.89. The molecule has 0 atom stereocenters. The van der Waals surface area contributed by atoms with Gasteiger partial charge in [0.15, 0.2) is 0 Å². The van der Waals surface area contributed by atoms with E-state index in [1.165, 1.54) is 0 Å². The van der Waals surface area contributed by atoms with E-state index < -0.39 is 0 Å². The first-order valence-electron chi connectivity index (χ1n) is 11.7. The number of allylic oxidation sites excluding steroid dienone is 2. The molecule has 0 saturated carbocycles. The van der Waals surface area contributed by atoms with E-state index in [0.717, 1.165) is 39.4 Å². The molecule has 0 unspecified atom stereocenters. The van der Waals surface area contributed by atoms with Crippen molar-refractivity contribution in [3.05, 3.63) is 79.5 Å². The Kier molecular flexibility index (Phi) is 7.74. The molecule has 0 N–H and O–H groups in total. The number of aromatic nitrogens is 4. The Morgan fingerprint density at radius 1 is 1.05 bits per heavy atom. The molecule has 0 amide bonds. The summed E-state index contributed by atoms with van der Waals surface area (Å²) in [6, 6.07) is 11.8. The summed E-state index contributed by atoms with van der Waals surface area (Å²) >= 11 is 0. The third-order valence-electron chi connectivity index (χ3n) is 5.87. The maximum Gasteiger partial charge on any atom is 0.124 e. The van der Waals surface area contributed by atoms with Gasteiger partial charge in [0.05, 0.1) is 55.6 Å². The van der Waals surface area contributed by atoms with Crippen LogP contribution in [0.25, 0.3) is 22.3 Å². The Bertz CT molecular complexity index is 1490. The zero-order valence-electron chi connectivity index (χ0n) is 21.8. The zero-order chi connectivity index (χ0) is 26.4. The number of rotatable bonds is 8. The van der Waals surface area contributed by atoms with Crippen LogP contribution in [0.4, 0.5) is 11.4 Å². The molecule has 8 heteroatoms. The maximum atomic E-state index is 5.53. The minimum absolute atomic E-state index is 0.417. The van der Waals surface area contributed by atoms with Crippen molar-refractivity contribution in [2.45, 2.75) is 6.92 Å². The molecule has 0 aliphatic heterocycles.